The lowest BCUT2D eigenvalue weighted by Gasteiger charge is -2.19. The van der Waals surface area contributed by atoms with Crippen molar-refractivity contribution < 1.29 is 18.8 Å². The Labute approximate surface area is 78.3 Å². The zero-order valence-corrected chi connectivity index (χ0v) is 9.03. The molecule has 5 nitrogen and oxygen atoms in total. The van der Waals surface area contributed by atoms with E-state index in [1.807, 2.05) is 0 Å². The molecule has 0 aliphatic rings. The van der Waals surface area contributed by atoms with Crippen molar-refractivity contribution in [2.24, 2.45) is 5.16 Å². The van der Waals surface area contributed by atoms with Gasteiger partial charge in [0.2, 0.25) is 0 Å². The monoisotopic (exact) mass is 209 g/mol. The van der Waals surface area contributed by atoms with Crippen LogP contribution >= 0.6 is 7.60 Å². The third kappa shape index (κ3) is 3.89. The van der Waals surface area contributed by atoms with E-state index in [0.29, 0.717) is 13.2 Å². The van der Waals surface area contributed by atoms with Gasteiger partial charge in [-0.3, -0.25) is 4.57 Å². The Morgan fingerprint density at radius 3 is 2.23 bits per heavy atom. The molecule has 0 aliphatic heterocycles. The van der Waals surface area contributed by atoms with Gasteiger partial charge in [0.05, 0.1) is 25.1 Å². The molecule has 1 N–H and O–H groups in total. The zero-order chi connectivity index (χ0) is 10.3. The van der Waals surface area contributed by atoms with Gasteiger partial charge in [-0.15, -0.1) is 5.16 Å². The number of hydrogen-bond donors (Lipinski definition) is 1. The summed E-state index contributed by atoms with van der Waals surface area (Å²) in [5.74, 6) is 0. The molecule has 0 aromatic heterocycles. The molecular weight excluding hydrogens is 193 g/mol. The van der Waals surface area contributed by atoms with E-state index in [1.54, 1.807) is 20.8 Å². The van der Waals surface area contributed by atoms with Gasteiger partial charge >= 0.3 is 7.60 Å². The van der Waals surface area contributed by atoms with Crippen molar-refractivity contribution in [1.82, 2.24) is 0 Å². The molecule has 78 valence electrons. The van der Waals surface area contributed by atoms with Gasteiger partial charge < -0.3 is 14.3 Å². The fraction of sp³-hybridized carbons (Fsp3) is 0.857. The SMILES string of the molecule is CCOP(=O)(OCC)C(C)/C=N/O. The third-order valence-corrected chi connectivity index (χ3v) is 3.77. The first-order valence-corrected chi connectivity index (χ1v) is 5.78. The highest BCUT2D eigenvalue weighted by Gasteiger charge is 2.30. The maximum Gasteiger partial charge on any atom is 0.338 e. The number of oxime groups is 1. The summed E-state index contributed by atoms with van der Waals surface area (Å²) in [4.78, 5) is 0. The van der Waals surface area contributed by atoms with Crippen molar-refractivity contribution in [1.29, 1.82) is 0 Å². The summed E-state index contributed by atoms with van der Waals surface area (Å²) in [6, 6.07) is 0. The van der Waals surface area contributed by atoms with Gasteiger partial charge in [0.15, 0.2) is 0 Å². The van der Waals surface area contributed by atoms with Gasteiger partial charge in [0.1, 0.15) is 0 Å². The molecule has 6 heteroatoms. The second-order valence-electron chi connectivity index (χ2n) is 2.38. The molecular formula is C7H16NO4P. The van der Waals surface area contributed by atoms with Gasteiger partial charge in [-0.2, -0.15) is 0 Å². The molecule has 0 saturated carbocycles. The second kappa shape index (κ2) is 6.13. The third-order valence-electron chi connectivity index (χ3n) is 1.40. The molecule has 0 rings (SSSR count). The minimum atomic E-state index is -3.14. The first kappa shape index (κ1) is 12.6. The molecule has 0 aromatic rings. The number of hydrogen-bond acceptors (Lipinski definition) is 5. The van der Waals surface area contributed by atoms with E-state index >= 15 is 0 Å². The van der Waals surface area contributed by atoms with Gasteiger partial charge in [0, 0.05) is 0 Å². The Bertz CT molecular complexity index is 197. The lowest BCUT2D eigenvalue weighted by molar-refractivity contribution is 0.217. The molecule has 0 bridgehead atoms. The van der Waals surface area contributed by atoms with E-state index in [2.05, 4.69) is 5.16 Å². The Balaban J connectivity index is 4.46. The van der Waals surface area contributed by atoms with E-state index in [4.69, 9.17) is 14.3 Å². The summed E-state index contributed by atoms with van der Waals surface area (Å²) < 4.78 is 21.9. The Kier molecular flexibility index (Phi) is 5.95. The molecule has 0 amide bonds. The van der Waals surface area contributed by atoms with Crippen molar-refractivity contribution in [3.63, 3.8) is 0 Å². The molecule has 0 fully saturated rings. The normalized spacial score (nSPS) is 15.0. The molecule has 0 aliphatic carbocycles. The Hall–Kier alpha value is -0.380. The van der Waals surface area contributed by atoms with E-state index in [0.717, 1.165) is 6.21 Å². The van der Waals surface area contributed by atoms with Crippen molar-refractivity contribution in [3.05, 3.63) is 0 Å². The largest absolute Gasteiger partial charge is 0.411 e. The maximum absolute atomic E-state index is 11.9. The molecule has 0 saturated heterocycles. The number of nitrogens with zero attached hydrogens (tertiary/aromatic N) is 1. The van der Waals surface area contributed by atoms with Crippen LogP contribution in [-0.4, -0.2) is 30.3 Å². The van der Waals surface area contributed by atoms with Crippen LogP contribution in [0.3, 0.4) is 0 Å². The molecule has 13 heavy (non-hydrogen) atoms. The highest BCUT2D eigenvalue weighted by atomic mass is 31.2. The average Bonchev–Trinajstić information content (AvgIpc) is 2.05. The zero-order valence-electron chi connectivity index (χ0n) is 8.14. The second-order valence-corrected chi connectivity index (χ2v) is 4.79. The van der Waals surface area contributed by atoms with Crippen molar-refractivity contribution in [3.8, 4) is 0 Å². The topological polar surface area (TPSA) is 68.1 Å². The predicted molar refractivity (Wildman–Crippen MR) is 50.6 cm³/mol. The highest BCUT2D eigenvalue weighted by Crippen LogP contribution is 2.52. The van der Waals surface area contributed by atoms with Crippen LogP contribution in [0, 0.1) is 0 Å². The summed E-state index contributed by atoms with van der Waals surface area (Å²) in [6.45, 7) is 5.69. The van der Waals surface area contributed by atoms with Gasteiger partial charge in [0.25, 0.3) is 0 Å². The van der Waals surface area contributed by atoms with Crippen molar-refractivity contribution in [2.45, 2.75) is 26.4 Å². The lowest BCUT2D eigenvalue weighted by Crippen LogP contribution is -2.11. The molecule has 0 aromatic carbocycles. The van der Waals surface area contributed by atoms with E-state index in [-0.39, 0.29) is 0 Å². The quantitative estimate of drug-likeness (QED) is 0.315. The van der Waals surface area contributed by atoms with Crippen LogP contribution in [0.4, 0.5) is 0 Å². The molecule has 0 spiro atoms. The molecule has 0 radical (unpaired) electrons. The van der Waals surface area contributed by atoms with Crippen LogP contribution in [0.1, 0.15) is 20.8 Å². The van der Waals surface area contributed by atoms with Crippen LogP contribution in [0.15, 0.2) is 5.16 Å². The van der Waals surface area contributed by atoms with E-state index in [9.17, 15) is 4.57 Å². The smallest absolute Gasteiger partial charge is 0.338 e. The summed E-state index contributed by atoms with van der Waals surface area (Å²) in [5, 5.41) is 11.1. The first-order chi connectivity index (χ1) is 6.10. The molecule has 1 atom stereocenters. The van der Waals surface area contributed by atoms with E-state index in [1.165, 1.54) is 0 Å². The number of rotatable bonds is 6. The van der Waals surface area contributed by atoms with Gasteiger partial charge in [-0.1, -0.05) is 0 Å². The Morgan fingerprint density at radius 2 is 1.92 bits per heavy atom. The van der Waals surface area contributed by atoms with Crippen LogP contribution in [0.25, 0.3) is 0 Å². The summed E-state index contributed by atoms with van der Waals surface area (Å²) in [5.41, 5.74) is -0.530. The van der Waals surface area contributed by atoms with Crippen molar-refractivity contribution in [2.75, 3.05) is 13.2 Å². The van der Waals surface area contributed by atoms with E-state index < -0.39 is 13.3 Å². The summed E-state index contributed by atoms with van der Waals surface area (Å²) >= 11 is 0. The minimum Gasteiger partial charge on any atom is -0.411 e. The van der Waals surface area contributed by atoms with Crippen LogP contribution in [0.5, 0.6) is 0 Å². The van der Waals surface area contributed by atoms with Crippen LogP contribution in [-0.2, 0) is 13.6 Å². The van der Waals surface area contributed by atoms with Crippen LogP contribution < -0.4 is 0 Å². The maximum atomic E-state index is 11.9. The lowest BCUT2D eigenvalue weighted by atomic mass is 10.5. The first-order valence-electron chi connectivity index (χ1n) is 4.17. The summed E-state index contributed by atoms with van der Waals surface area (Å²) in [6.07, 6.45) is 1.14. The summed E-state index contributed by atoms with van der Waals surface area (Å²) in [7, 11) is -3.14. The fourth-order valence-electron chi connectivity index (χ4n) is 0.810. The Morgan fingerprint density at radius 1 is 1.46 bits per heavy atom. The fourth-order valence-corrected chi connectivity index (χ4v) is 2.30. The van der Waals surface area contributed by atoms with Crippen LogP contribution in [0.2, 0.25) is 0 Å². The predicted octanol–water partition coefficient (Wildman–Crippen LogP) is 2.10. The van der Waals surface area contributed by atoms with Gasteiger partial charge in [-0.05, 0) is 20.8 Å². The average molecular weight is 209 g/mol. The van der Waals surface area contributed by atoms with Crippen molar-refractivity contribution >= 4 is 13.8 Å². The standard InChI is InChI=1S/C7H16NO4P/c1-4-11-13(10,12-5-2)7(3)6-8-9/h6-7,9H,4-5H2,1-3H3/b8-6+. The minimum absolute atomic E-state index is 0.306. The highest BCUT2D eigenvalue weighted by molar-refractivity contribution is 7.55. The molecule has 1 unspecified atom stereocenters. The molecule has 0 heterocycles. The van der Waals surface area contributed by atoms with Gasteiger partial charge in [-0.25, -0.2) is 0 Å².